The standard InChI is InChI=1S/C10H18BrNO2S/c11-9-3-5-10(6-4-9)12-15(13,14)7-8-1-2-8/h8-10,12H,1-7H2. The van der Waals surface area contributed by atoms with Crippen molar-refractivity contribution in [2.45, 2.75) is 49.4 Å². The molecule has 2 aliphatic carbocycles. The molecule has 0 heterocycles. The van der Waals surface area contributed by atoms with Crippen molar-refractivity contribution < 1.29 is 8.42 Å². The minimum absolute atomic E-state index is 0.183. The number of rotatable bonds is 4. The van der Waals surface area contributed by atoms with Gasteiger partial charge in [0.25, 0.3) is 0 Å². The zero-order chi connectivity index (χ0) is 10.9. The van der Waals surface area contributed by atoms with E-state index < -0.39 is 10.0 Å². The fourth-order valence-electron chi connectivity index (χ4n) is 2.07. The van der Waals surface area contributed by atoms with Crippen molar-refractivity contribution >= 4 is 26.0 Å². The molecule has 0 unspecified atom stereocenters. The fraction of sp³-hybridized carbons (Fsp3) is 1.00. The topological polar surface area (TPSA) is 46.2 Å². The highest BCUT2D eigenvalue weighted by Crippen LogP contribution is 2.30. The lowest BCUT2D eigenvalue weighted by molar-refractivity contribution is 0.422. The van der Waals surface area contributed by atoms with Gasteiger partial charge in [-0.05, 0) is 44.4 Å². The zero-order valence-corrected chi connectivity index (χ0v) is 11.2. The van der Waals surface area contributed by atoms with Crippen LogP contribution < -0.4 is 4.72 Å². The Morgan fingerprint density at radius 2 is 1.67 bits per heavy atom. The predicted molar refractivity (Wildman–Crippen MR) is 64.6 cm³/mol. The van der Waals surface area contributed by atoms with Gasteiger partial charge in [-0.1, -0.05) is 15.9 Å². The average molecular weight is 296 g/mol. The lowest BCUT2D eigenvalue weighted by Crippen LogP contribution is -2.39. The van der Waals surface area contributed by atoms with Crippen molar-refractivity contribution in [3.63, 3.8) is 0 Å². The van der Waals surface area contributed by atoms with Crippen LogP contribution in [0.5, 0.6) is 0 Å². The fourth-order valence-corrected chi connectivity index (χ4v) is 4.39. The van der Waals surface area contributed by atoms with Crippen LogP contribution >= 0.6 is 15.9 Å². The van der Waals surface area contributed by atoms with Gasteiger partial charge in [-0.3, -0.25) is 0 Å². The maximum atomic E-state index is 11.7. The number of halogens is 1. The first-order valence-electron chi connectivity index (χ1n) is 5.69. The highest BCUT2D eigenvalue weighted by Gasteiger charge is 2.30. The Morgan fingerprint density at radius 1 is 1.07 bits per heavy atom. The lowest BCUT2D eigenvalue weighted by Gasteiger charge is -2.25. The summed E-state index contributed by atoms with van der Waals surface area (Å²) in [7, 11) is -3.00. The molecular formula is C10H18BrNO2S. The average Bonchev–Trinajstić information content (AvgIpc) is 2.91. The number of hydrogen-bond donors (Lipinski definition) is 1. The Hall–Kier alpha value is 0.390. The molecule has 0 aromatic carbocycles. The van der Waals surface area contributed by atoms with Crippen LogP contribution in [-0.2, 0) is 10.0 Å². The van der Waals surface area contributed by atoms with Crippen molar-refractivity contribution in [1.29, 1.82) is 0 Å². The maximum Gasteiger partial charge on any atom is 0.212 e. The van der Waals surface area contributed by atoms with Crippen LogP contribution in [0.25, 0.3) is 0 Å². The van der Waals surface area contributed by atoms with E-state index >= 15 is 0 Å². The summed E-state index contributed by atoms with van der Waals surface area (Å²) < 4.78 is 26.3. The van der Waals surface area contributed by atoms with E-state index in [4.69, 9.17) is 0 Å². The first-order chi connectivity index (χ1) is 7.05. The quantitative estimate of drug-likeness (QED) is 0.807. The molecule has 0 bridgehead atoms. The van der Waals surface area contributed by atoms with Crippen LogP contribution in [0.1, 0.15) is 38.5 Å². The lowest BCUT2D eigenvalue weighted by atomic mass is 9.96. The molecule has 2 aliphatic rings. The van der Waals surface area contributed by atoms with Crippen LogP contribution in [0.4, 0.5) is 0 Å². The van der Waals surface area contributed by atoms with Crippen LogP contribution in [0, 0.1) is 5.92 Å². The van der Waals surface area contributed by atoms with Gasteiger partial charge >= 0.3 is 0 Å². The molecule has 0 atom stereocenters. The van der Waals surface area contributed by atoms with E-state index in [1.807, 2.05) is 0 Å². The first-order valence-corrected chi connectivity index (χ1v) is 8.26. The Balaban J connectivity index is 1.79. The third-order valence-corrected chi connectivity index (χ3v) is 5.67. The van der Waals surface area contributed by atoms with Gasteiger partial charge in [-0.2, -0.15) is 0 Å². The smallest absolute Gasteiger partial charge is 0.212 e. The second-order valence-electron chi connectivity index (χ2n) is 4.79. The van der Waals surface area contributed by atoms with Crippen molar-refractivity contribution in [3.05, 3.63) is 0 Å². The summed E-state index contributed by atoms with van der Waals surface area (Å²) in [6.45, 7) is 0. The summed E-state index contributed by atoms with van der Waals surface area (Å²) >= 11 is 3.57. The van der Waals surface area contributed by atoms with Gasteiger partial charge in [0.15, 0.2) is 0 Å². The molecule has 5 heteroatoms. The Labute approximate surface area is 100 Å². The summed E-state index contributed by atoms with van der Waals surface area (Å²) in [5, 5.41) is 0. The molecule has 88 valence electrons. The molecule has 0 amide bonds. The monoisotopic (exact) mass is 295 g/mol. The number of sulfonamides is 1. The molecule has 1 N–H and O–H groups in total. The third-order valence-electron chi connectivity index (χ3n) is 3.15. The number of alkyl halides is 1. The molecular weight excluding hydrogens is 278 g/mol. The number of nitrogens with one attached hydrogen (secondary N) is 1. The summed E-state index contributed by atoms with van der Waals surface area (Å²) in [5.41, 5.74) is 0. The third kappa shape index (κ3) is 4.04. The van der Waals surface area contributed by atoms with Crippen LogP contribution in [0.3, 0.4) is 0 Å². The van der Waals surface area contributed by atoms with Gasteiger partial charge < -0.3 is 0 Å². The van der Waals surface area contributed by atoms with Gasteiger partial charge in [-0.25, -0.2) is 13.1 Å². The summed E-state index contributed by atoms with van der Waals surface area (Å²) in [4.78, 5) is 0.585. The molecule has 15 heavy (non-hydrogen) atoms. The highest BCUT2D eigenvalue weighted by atomic mass is 79.9. The van der Waals surface area contributed by atoms with Crippen LogP contribution in [0.15, 0.2) is 0 Å². The Bertz CT molecular complexity index is 305. The van der Waals surface area contributed by atoms with Gasteiger partial charge in [0.2, 0.25) is 10.0 Å². The van der Waals surface area contributed by atoms with Crippen LogP contribution in [0.2, 0.25) is 0 Å². The van der Waals surface area contributed by atoms with Crippen molar-refractivity contribution in [1.82, 2.24) is 4.72 Å². The van der Waals surface area contributed by atoms with E-state index in [9.17, 15) is 8.42 Å². The van der Waals surface area contributed by atoms with Crippen molar-refractivity contribution in [2.24, 2.45) is 5.92 Å². The molecule has 0 radical (unpaired) electrons. The Morgan fingerprint density at radius 3 is 2.20 bits per heavy atom. The normalized spacial score (nSPS) is 32.9. The van der Waals surface area contributed by atoms with E-state index in [1.54, 1.807) is 0 Å². The molecule has 0 aliphatic heterocycles. The molecule has 3 nitrogen and oxygen atoms in total. The SMILES string of the molecule is O=S(=O)(CC1CC1)NC1CCC(Br)CC1. The van der Waals surface area contributed by atoms with Crippen LogP contribution in [-0.4, -0.2) is 25.0 Å². The minimum Gasteiger partial charge on any atom is -0.212 e. The number of hydrogen-bond acceptors (Lipinski definition) is 2. The van der Waals surface area contributed by atoms with Gasteiger partial charge in [0.05, 0.1) is 5.75 Å². The minimum atomic E-state index is -3.00. The molecule has 0 spiro atoms. The van der Waals surface area contributed by atoms with E-state index in [1.165, 1.54) is 0 Å². The largest absolute Gasteiger partial charge is 0.212 e. The summed E-state index contributed by atoms with van der Waals surface area (Å²) in [6, 6.07) is 0.183. The molecule has 2 saturated carbocycles. The van der Waals surface area contributed by atoms with Gasteiger partial charge in [0.1, 0.15) is 0 Å². The second kappa shape index (κ2) is 4.72. The Kier molecular flexibility index (Phi) is 3.73. The van der Waals surface area contributed by atoms with Gasteiger partial charge in [-0.15, -0.1) is 0 Å². The first kappa shape index (κ1) is 11.9. The van der Waals surface area contributed by atoms with E-state index in [0.29, 0.717) is 16.5 Å². The predicted octanol–water partition coefficient (Wildman–Crippen LogP) is 2.02. The molecule has 2 fully saturated rings. The van der Waals surface area contributed by atoms with E-state index in [-0.39, 0.29) is 6.04 Å². The van der Waals surface area contributed by atoms with Crippen molar-refractivity contribution in [2.75, 3.05) is 5.75 Å². The highest BCUT2D eigenvalue weighted by molar-refractivity contribution is 9.09. The molecule has 0 saturated heterocycles. The van der Waals surface area contributed by atoms with E-state index in [2.05, 4.69) is 20.7 Å². The van der Waals surface area contributed by atoms with E-state index in [0.717, 1.165) is 38.5 Å². The zero-order valence-electron chi connectivity index (χ0n) is 8.78. The summed E-state index contributed by atoms with van der Waals surface area (Å²) in [5.74, 6) is 0.788. The second-order valence-corrected chi connectivity index (χ2v) is 7.89. The molecule has 0 aromatic rings. The molecule has 2 rings (SSSR count). The molecule has 0 aromatic heterocycles. The van der Waals surface area contributed by atoms with Gasteiger partial charge in [0, 0.05) is 10.9 Å². The maximum absolute atomic E-state index is 11.7. The summed E-state index contributed by atoms with van der Waals surface area (Å²) in [6.07, 6.45) is 6.29. The van der Waals surface area contributed by atoms with Crippen molar-refractivity contribution in [3.8, 4) is 0 Å².